The van der Waals surface area contributed by atoms with Gasteiger partial charge in [0.05, 0.1) is 6.10 Å². The number of nitrogens with zero attached hydrogens (tertiary/aromatic N) is 2. The summed E-state index contributed by atoms with van der Waals surface area (Å²) >= 11 is 0. The standard InChI is InChI=1S/C23H36N2O2/c1-6-20(17-25(8-3)19(5)26)15-14-18(4)11-9-13-23(27)21-12-10-16-24-22(21)7-2/h10,12,14-16,23,27H,6-9,11,13,17H2,1-5H3. The molecule has 0 saturated heterocycles. The van der Waals surface area contributed by atoms with Crippen LogP contribution in [0.25, 0.3) is 0 Å². The van der Waals surface area contributed by atoms with E-state index in [1.807, 2.05) is 24.0 Å². The van der Waals surface area contributed by atoms with Crippen LogP contribution in [0.3, 0.4) is 0 Å². The van der Waals surface area contributed by atoms with Gasteiger partial charge in [-0.05, 0) is 52.0 Å². The molecule has 0 saturated carbocycles. The number of pyridine rings is 1. The Labute approximate surface area is 165 Å². The predicted octanol–water partition coefficient (Wildman–Crippen LogP) is 5.00. The molecule has 1 N–H and O–H groups in total. The molecule has 0 bridgehead atoms. The number of hydrogen-bond donors (Lipinski definition) is 1. The SMILES string of the molecule is CCC(=CC=C(C)CCCC(O)c1cccnc1CC)CN(CC)C(C)=O. The van der Waals surface area contributed by atoms with Gasteiger partial charge in [0.1, 0.15) is 0 Å². The van der Waals surface area contributed by atoms with Crippen LogP contribution in [0.4, 0.5) is 0 Å². The van der Waals surface area contributed by atoms with Crippen LogP contribution in [0.2, 0.25) is 0 Å². The van der Waals surface area contributed by atoms with Gasteiger partial charge in [-0.3, -0.25) is 9.78 Å². The van der Waals surface area contributed by atoms with E-state index in [4.69, 9.17) is 0 Å². The molecule has 1 aromatic heterocycles. The average Bonchev–Trinajstić information content (AvgIpc) is 2.67. The molecule has 1 rings (SSSR count). The summed E-state index contributed by atoms with van der Waals surface area (Å²) in [6.07, 6.45) is 10.0. The number of carbonyl (C=O) groups is 1. The van der Waals surface area contributed by atoms with Gasteiger partial charge in [-0.25, -0.2) is 0 Å². The zero-order valence-corrected chi connectivity index (χ0v) is 17.7. The van der Waals surface area contributed by atoms with Crippen molar-refractivity contribution in [3.8, 4) is 0 Å². The van der Waals surface area contributed by atoms with Crippen LogP contribution in [0, 0.1) is 0 Å². The van der Waals surface area contributed by atoms with Crippen molar-refractivity contribution in [2.24, 2.45) is 0 Å². The molecule has 0 aliphatic heterocycles. The molecule has 150 valence electrons. The number of rotatable bonds is 11. The Hall–Kier alpha value is -1.94. The lowest BCUT2D eigenvalue weighted by Crippen LogP contribution is -2.30. The molecular formula is C23H36N2O2. The number of likely N-dealkylation sites (N-methyl/N-ethyl adjacent to an activating group) is 1. The van der Waals surface area contributed by atoms with Gasteiger partial charge in [-0.15, -0.1) is 0 Å². The van der Waals surface area contributed by atoms with E-state index in [2.05, 4.69) is 37.9 Å². The molecule has 4 heteroatoms. The summed E-state index contributed by atoms with van der Waals surface area (Å²) in [5.74, 6) is 0.119. The van der Waals surface area contributed by atoms with Gasteiger partial charge in [-0.1, -0.05) is 43.2 Å². The third-order valence-corrected chi connectivity index (χ3v) is 4.95. The van der Waals surface area contributed by atoms with Crippen LogP contribution in [-0.2, 0) is 11.2 Å². The lowest BCUT2D eigenvalue weighted by atomic mass is 9.99. The number of allylic oxidation sites excluding steroid dienone is 3. The van der Waals surface area contributed by atoms with Crippen LogP contribution in [-0.4, -0.2) is 34.0 Å². The van der Waals surface area contributed by atoms with Crippen molar-refractivity contribution >= 4 is 5.91 Å². The molecule has 0 spiro atoms. The van der Waals surface area contributed by atoms with Gasteiger partial charge in [-0.2, -0.15) is 0 Å². The molecule has 0 aliphatic carbocycles. The topological polar surface area (TPSA) is 53.4 Å². The van der Waals surface area contributed by atoms with Crippen molar-refractivity contribution in [2.45, 2.75) is 72.8 Å². The number of aliphatic hydroxyl groups excluding tert-OH is 1. The maximum absolute atomic E-state index is 11.6. The molecule has 4 nitrogen and oxygen atoms in total. The first-order valence-corrected chi connectivity index (χ1v) is 10.1. The highest BCUT2D eigenvalue weighted by atomic mass is 16.3. The molecule has 0 aromatic carbocycles. The minimum absolute atomic E-state index is 0.119. The minimum Gasteiger partial charge on any atom is -0.388 e. The third-order valence-electron chi connectivity index (χ3n) is 4.95. The summed E-state index contributed by atoms with van der Waals surface area (Å²) in [7, 11) is 0. The number of aromatic nitrogens is 1. The molecule has 1 amide bonds. The van der Waals surface area contributed by atoms with Crippen molar-refractivity contribution in [3.05, 3.63) is 52.9 Å². The summed E-state index contributed by atoms with van der Waals surface area (Å²) in [5.41, 5.74) is 4.49. The average molecular weight is 373 g/mol. The lowest BCUT2D eigenvalue weighted by molar-refractivity contribution is -0.128. The lowest BCUT2D eigenvalue weighted by Gasteiger charge is -2.20. The molecule has 0 aliphatic rings. The van der Waals surface area contributed by atoms with E-state index in [1.165, 1.54) is 11.1 Å². The Morgan fingerprint density at radius 2 is 2.00 bits per heavy atom. The normalized spacial score (nSPS) is 13.6. The second kappa shape index (κ2) is 12.4. The van der Waals surface area contributed by atoms with E-state index in [0.717, 1.165) is 49.9 Å². The van der Waals surface area contributed by atoms with Crippen molar-refractivity contribution in [1.29, 1.82) is 0 Å². The summed E-state index contributed by atoms with van der Waals surface area (Å²) in [6, 6.07) is 3.87. The van der Waals surface area contributed by atoms with Gasteiger partial charge >= 0.3 is 0 Å². The molecule has 0 fully saturated rings. The Balaban J connectivity index is 2.57. The van der Waals surface area contributed by atoms with Crippen LogP contribution < -0.4 is 0 Å². The summed E-state index contributed by atoms with van der Waals surface area (Å²) in [4.78, 5) is 17.8. The van der Waals surface area contributed by atoms with Crippen molar-refractivity contribution in [3.63, 3.8) is 0 Å². The van der Waals surface area contributed by atoms with Crippen molar-refractivity contribution < 1.29 is 9.90 Å². The molecule has 1 unspecified atom stereocenters. The van der Waals surface area contributed by atoms with E-state index < -0.39 is 6.10 Å². The third kappa shape index (κ3) is 8.08. The van der Waals surface area contributed by atoms with Crippen LogP contribution in [0.5, 0.6) is 0 Å². The molecular weight excluding hydrogens is 336 g/mol. The van der Waals surface area contributed by atoms with Crippen molar-refractivity contribution in [1.82, 2.24) is 9.88 Å². The minimum atomic E-state index is -0.447. The fraction of sp³-hybridized carbons (Fsp3) is 0.565. The number of hydrogen-bond acceptors (Lipinski definition) is 3. The summed E-state index contributed by atoms with van der Waals surface area (Å²) in [5, 5.41) is 10.5. The molecule has 0 radical (unpaired) electrons. The molecule has 1 atom stereocenters. The fourth-order valence-corrected chi connectivity index (χ4v) is 3.10. The first-order chi connectivity index (χ1) is 12.9. The number of amides is 1. The Morgan fingerprint density at radius 1 is 1.26 bits per heavy atom. The zero-order chi connectivity index (χ0) is 20.2. The van der Waals surface area contributed by atoms with Gasteiger partial charge in [0, 0.05) is 37.5 Å². The highest BCUT2D eigenvalue weighted by molar-refractivity contribution is 5.73. The molecule has 27 heavy (non-hydrogen) atoms. The van der Waals surface area contributed by atoms with Crippen LogP contribution in [0.1, 0.15) is 77.7 Å². The quantitative estimate of drug-likeness (QED) is 0.556. The molecule has 1 heterocycles. The highest BCUT2D eigenvalue weighted by Crippen LogP contribution is 2.23. The van der Waals surface area contributed by atoms with Gasteiger partial charge in [0.25, 0.3) is 0 Å². The summed E-state index contributed by atoms with van der Waals surface area (Å²) < 4.78 is 0. The second-order valence-corrected chi connectivity index (χ2v) is 7.03. The zero-order valence-electron chi connectivity index (χ0n) is 17.7. The van der Waals surface area contributed by atoms with Crippen molar-refractivity contribution in [2.75, 3.05) is 13.1 Å². The smallest absolute Gasteiger partial charge is 0.219 e. The van der Waals surface area contributed by atoms with E-state index in [0.29, 0.717) is 6.54 Å². The van der Waals surface area contributed by atoms with Gasteiger partial charge in [0.2, 0.25) is 5.91 Å². The van der Waals surface area contributed by atoms with Crippen LogP contribution in [0.15, 0.2) is 41.6 Å². The number of aryl methyl sites for hydroxylation is 1. The first kappa shape index (κ1) is 23.1. The van der Waals surface area contributed by atoms with E-state index in [1.54, 1.807) is 13.1 Å². The largest absolute Gasteiger partial charge is 0.388 e. The van der Waals surface area contributed by atoms with E-state index in [9.17, 15) is 9.90 Å². The Morgan fingerprint density at radius 3 is 2.59 bits per heavy atom. The molecule has 1 aromatic rings. The van der Waals surface area contributed by atoms with Gasteiger partial charge < -0.3 is 10.0 Å². The number of carbonyl (C=O) groups excluding carboxylic acids is 1. The maximum Gasteiger partial charge on any atom is 0.219 e. The number of aliphatic hydroxyl groups is 1. The fourth-order valence-electron chi connectivity index (χ4n) is 3.10. The van der Waals surface area contributed by atoms with E-state index in [-0.39, 0.29) is 5.91 Å². The van der Waals surface area contributed by atoms with E-state index >= 15 is 0 Å². The Bertz CT molecular complexity index is 650. The highest BCUT2D eigenvalue weighted by Gasteiger charge is 2.12. The second-order valence-electron chi connectivity index (χ2n) is 7.03. The monoisotopic (exact) mass is 372 g/mol. The van der Waals surface area contributed by atoms with Crippen LogP contribution >= 0.6 is 0 Å². The summed E-state index contributed by atoms with van der Waals surface area (Å²) in [6.45, 7) is 11.4. The van der Waals surface area contributed by atoms with Gasteiger partial charge in [0.15, 0.2) is 0 Å². The first-order valence-electron chi connectivity index (χ1n) is 10.1. The predicted molar refractivity (Wildman–Crippen MR) is 112 cm³/mol. The maximum atomic E-state index is 11.6. The Kier molecular flexibility index (Phi) is 10.6.